The van der Waals surface area contributed by atoms with Crippen molar-refractivity contribution in [2.75, 3.05) is 6.54 Å². The van der Waals surface area contributed by atoms with E-state index in [0.717, 1.165) is 5.56 Å². The van der Waals surface area contributed by atoms with Crippen LogP contribution in [0.25, 0.3) is 0 Å². The lowest BCUT2D eigenvalue weighted by molar-refractivity contribution is -0.120. The SMILES string of the molecule is Cc1ccc(C#CCN)c(C(=O)NC(C(N)=O)C(C)C)c1. The molecule has 5 heteroatoms. The normalized spacial score (nSPS) is 11.5. The van der Waals surface area contributed by atoms with Gasteiger partial charge in [-0.05, 0) is 25.0 Å². The number of amides is 2. The Bertz CT molecular complexity index is 597. The molecule has 0 aliphatic heterocycles. The molecule has 0 radical (unpaired) electrons. The Labute approximate surface area is 125 Å². The zero-order valence-corrected chi connectivity index (χ0v) is 12.6. The molecule has 21 heavy (non-hydrogen) atoms. The number of hydrogen-bond donors (Lipinski definition) is 3. The first-order chi connectivity index (χ1) is 9.86. The van der Waals surface area contributed by atoms with Crippen molar-refractivity contribution in [1.82, 2.24) is 5.32 Å². The van der Waals surface area contributed by atoms with Crippen molar-refractivity contribution in [3.8, 4) is 11.8 Å². The summed E-state index contributed by atoms with van der Waals surface area (Å²) in [6.45, 7) is 5.73. The quantitative estimate of drug-likeness (QED) is 0.705. The molecular formula is C16H21N3O2. The first kappa shape index (κ1) is 16.7. The number of carbonyl (C=O) groups is 2. The monoisotopic (exact) mass is 287 g/mol. The zero-order chi connectivity index (χ0) is 16.0. The maximum atomic E-state index is 12.4. The fraction of sp³-hybridized carbons (Fsp3) is 0.375. The number of benzene rings is 1. The van der Waals surface area contributed by atoms with Crippen LogP contribution in [0, 0.1) is 24.7 Å². The van der Waals surface area contributed by atoms with E-state index in [2.05, 4.69) is 17.2 Å². The Balaban J connectivity index is 3.11. The van der Waals surface area contributed by atoms with E-state index in [9.17, 15) is 9.59 Å². The largest absolute Gasteiger partial charge is 0.368 e. The highest BCUT2D eigenvalue weighted by Gasteiger charge is 2.23. The van der Waals surface area contributed by atoms with Gasteiger partial charge >= 0.3 is 0 Å². The lowest BCUT2D eigenvalue weighted by Crippen LogP contribution is -2.47. The summed E-state index contributed by atoms with van der Waals surface area (Å²) in [5.74, 6) is 4.58. The van der Waals surface area contributed by atoms with Crippen molar-refractivity contribution < 1.29 is 9.59 Å². The molecule has 0 aromatic heterocycles. The third kappa shape index (κ3) is 4.62. The van der Waals surface area contributed by atoms with Crippen molar-refractivity contribution in [3.63, 3.8) is 0 Å². The Morgan fingerprint density at radius 1 is 1.33 bits per heavy atom. The third-order valence-corrected chi connectivity index (χ3v) is 3.00. The highest BCUT2D eigenvalue weighted by Crippen LogP contribution is 2.12. The predicted molar refractivity (Wildman–Crippen MR) is 82.4 cm³/mol. The van der Waals surface area contributed by atoms with Crippen molar-refractivity contribution >= 4 is 11.8 Å². The van der Waals surface area contributed by atoms with E-state index in [1.807, 2.05) is 26.8 Å². The van der Waals surface area contributed by atoms with Crippen molar-refractivity contribution in [2.45, 2.75) is 26.8 Å². The highest BCUT2D eigenvalue weighted by atomic mass is 16.2. The molecule has 0 spiro atoms. The topological polar surface area (TPSA) is 98.2 Å². The molecule has 1 unspecified atom stereocenters. The summed E-state index contributed by atoms with van der Waals surface area (Å²) in [6, 6.07) is 4.65. The fourth-order valence-corrected chi connectivity index (χ4v) is 1.89. The molecule has 2 amide bonds. The van der Waals surface area contributed by atoms with Gasteiger partial charge in [-0.1, -0.05) is 37.3 Å². The number of nitrogens with two attached hydrogens (primary N) is 2. The molecular weight excluding hydrogens is 266 g/mol. The van der Waals surface area contributed by atoms with Crippen LogP contribution in [0.5, 0.6) is 0 Å². The van der Waals surface area contributed by atoms with Gasteiger partial charge in [-0.25, -0.2) is 0 Å². The highest BCUT2D eigenvalue weighted by molar-refractivity contribution is 5.99. The number of carbonyl (C=O) groups excluding carboxylic acids is 2. The summed E-state index contributed by atoms with van der Waals surface area (Å²) < 4.78 is 0. The third-order valence-electron chi connectivity index (χ3n) is 3.00. The van der Waals surface area contributed by atoms with Gasteiger partial charge in [-0.15, -0.1) is 0 Å². The Morgan fingerprint density at radius 3 is 2.52 bits per heavy atom. The molecule has 0 saturated carbocycles. The molecule has 0 fully saturated rings. The first-order valence-electron chi connectivity index (χ1n) is 6.76. The van der Waals surface area contributed by atoms with E-state index < -0.39 is 11.9 Å². The van der Waals surface area contributed by atoms with Crippen LogP contribution in [0.15, 0.2) is 18.2 Å². The lowest BCUT2D eigenvalue weighted by Gasteiger charge is -2.19. The number of nitrogens with one attached hydrogen (secondary N) is 1. The Morgan fingerprint density at radius 2 is 2.00 bits per heavy atom. The molecule has 112 valence electrons. The Kier molecular flexibility index (Phi) is 5.94. The van der Waals surface area contributed by atoms with Crippen LogP contribution in [0.1, 0.15) is 35.3 Å². The molecule has 0 bridgehead atoms. The van der Waals surface area contributed by atoms with Crippen LogP contribution in [-0.4, -0.2) is 24.4 Å². The smallest absolute Gasteiger partial charge is 0.253 e. The second-order valence-corrected chi connectivity index (χ2v) is 5.15. The number of aryl methyl sites for hydroxylation is 1. The minimum Gasteiger partial charge on any atom is -0.368 e. The average Bonchev–Trinajstić information content (AvgIpc) is 2.42. The van der Waals surface area contributed by atoms with Crippen LogP contribution in [0.3, 0.4) is 0 Å². The molecule has 0 aliphatic rings. The fourth-order valence-electron chi connectivity index (χ4n) is 1.89. The summed E-state index contributed by atoms with van der Waals surface area (Å²) in [5.41, 5.74) is 12.6. The van der Waals surface area contributed by atoms with E-state index in [0.29, 0.717) is 11.1 Å². The molecule has 1 rings (SSSR count). The molecule has 5 N–H and O–H groups in total. The van der Waals surface area contributed by atoms with Crippen molar-refractivity contribution in [3.05, 3.63) is 34.9 Å². The van der Waals surface area contributed by atoms with Crippen LogP contribution >= 0.6 is 0 Å². The first-order valence-corrected chi connectivity index (χ1v) is 6.76. The summed E-state index contributed by atoms with van der Waals surface area (Å²) in [6.07, 6.45) is 0. The maximum Gasteiger partial charge on any atom is 0.253 e. The molecule has 1 aromatic carbocycles. The van der Waals surface area contributed by atoms with Crippen molar-refractivity contribution in [2.24, 2.45) is 17.4 Å². The Hall–Kier alpha value is -2.32. The summed E-state index contributed by atoms with van der Waals surface area (Å²) in [4.78, 5) is 23.8. The van der Waals surface area contributed by atoms with Gasteiger partial charge in [0.15, 0.2) is 0 Å². The second-order valence-electron chi connectivity index (χ2n) is 5.15. The average molecular weight is 287 g/mol. The number of primary amides is 1. The maximum absolute atomic E-state index is 12.4. The van der Waals surface area contributed by atoms with Gasteiger partial charge in [0.25, 0.3) is 5.91 Å². The van der Waals surface area contributed by atoms with E-state index in [4.69, 9.17) is 11.5 Å². The van der Waals surface area contributed by atoms with Gasteiger partial charge in [-0.3, -0.25) is 9.59 Å². The minimum absolute atomic E-state index is 0.0881. The van der Waals surface area contributed by atoms with E-state index in [1.165, 1.54) is 0 Å². The minimum atomic E-state index is -0.715. The van der Waals surface area contributed by atoms with Crippen LogP contribution in [0.4, 0.5) is 0 Å². The van der Waals surface area contributed by atoms with E-state index in [-0.39, 0.29) is 18.4 Å². The van der Waals surface area contributed by atoms with Gasteiger partial charge in [0.05, 0.1) is 12.1 Å². The van der Waals surface area contributed by atoms with Gasteiger partial charge in [0.2, 0.25) is 5.91 Å². The van der Waals surface area contributed by atoms with Crippen molar-refractivity contribution in [1.29, 1.82) is 0 Å². The van der Waals surface area contributed by atoms with E-state index in [1.54, 1.807) is 12.1 Å². The summed E-state index contributed by atoms with van der Waals surface area (Å²) >= 11 is 0. The van der Waals surface area contributed by atoms with Crippen LogP contribution < -0.4 is 16.8 Å². The molecule has 0 aliphatic carbocycles. The van der Waals surface area contributed by atoms with E-state index >= 15 is 0 Å². The van der Waals surface area contributed by atoms with Gasteiger partial charge < -0.3 is 16.8 Å². The predicted octanol–water partition coefficient (Wildman–Crippen LogP) is 0.545. The lowest BCUT2D eigenvalue weighted by atomic mass is 10.0. The van der Waals surface area contributed by atoms with Gasteiger partial charge in [-0.2, -0.15) is 0 Å². The molecule has 5 nitrogen and oxygen atoms in total. The second kappa shape index (κ2) is 7.46. The van der Waals surface area contributed by atoms with Crippen LogP contribution in [-0.2, 0) is 4.79 Å². The molecule has 0 heterocycles. The zero-order valence-electron chi connectivity index (χ0n) is 12.6. The molecule has 1 atom stereocenters. The van der Waals surface area contributed by atoms with Gasteiger partial charge in [0, 0.05) is 5.56 Å². The van der Waals surface area contributed by atoms with Crippen LogP contribution in [0.2, 0.25) is 0 Å². The van der Waals surface area contributed by atoms with Gasteiger partial charge in [0.1, 0.15) is 6.04 Å². The molecule has 1 aromatic rings. The molecule has 0 saturated heterocycles. The number of rotatable bonds is 4. The standard InChI is InChI=1S/C16H21N3O2/c1-10(2)14(15(18)20)19-16(21)13-9-11(3)6-7-12(13)5-4-8-17/h6-7,9-10,14H,8,17H2,1-3H3,(H2,18,20)(H,19,21). The number of hydrogen-bond acceptors (Lipinski definition) is 3. The summed E-state index contributed by atoms with van der Waals surface area (Å²) in [7, 11) is 0. The summed E-state index contributed by atoms with van der Waals surface area (Å²) in [5, 5.41) is 2.66.